The van der Waals surface area contributed by atoms with Gasteiger partial charge in [0.25, 0.3) is 0 Å². The monoisotopic (exact) mass is 231 g/mol. The van der Waals surface area contributed by atoms with Gasteiger partial charge in [-0.25, -0.2) is 4.67 Å². The van der Waals surface area contributed by atoms with Gasteiger partial charge >= 0.3 is 0 Å². The minimum absolute atomic E-state index is 0.455. The van der Waals surface area contributed by atoms with Crippen molar-refractivity contribution < 1.29 is 9.26 Å². The van der Waals surface area contributed by atoms with Crippen molar-refractivity contribution in [3.63, 3.8) is 0 Å². The molecule has 15 heavy (non-hydrogen) atoms. The average Bonchev–Trinajstić information content (AvgIpc) is 2.25. The molecule has 0 aromatic heterocycles. The average molecular weight is 231 g/mol. The minimum Gasteiger partial charge on any atom is -0.379 e. The van der Waals surface area contributed by atoms with E-state index in [0.717, 1.165) is 26.3 Å². The number of nitrogens with zero attached hydrogens (tertiary/aromatic N) is 3. The zero-order chi connectivity index (χ0) is 11.1. The Morgan fingerprint density at radius 3 is 2.67 bits per heavy atom. The van der Waals surface area contributed by atoms with Gasteiger partial charge in [-0.1, -0.05) is 0 Å². The van der Waals surface area contributed by atoms with Crippen LogP contribution in [0, 0.1) is 11.3 Å². The summed E-state index contributed by atoms with van der Waals surface area (Å²) in [4.78, 5) is 0. The van der Waals surface area contributed by atoms with E-state index in [1.54, 1.807) is 0 Å². The maximum Gasteiger partial charge on any atom is 0.187 e. The molecule has 1 atom stereocenters. The molecule has 0 aliphatic carbocycles. The highest BCUT2D eigenvalue weighted by Gasteiger charge is 2.24. The Hall–Kier alpha value is -0.240. The topological polar surface area (TPSA) is 48.7 Å². The fraction of sp³-hybridized carbons (Fsp3) is 0.889. The van der Waals surface area contributed by atoms with E-state index >= 15 is 0 Å². The normalized spacial score (nSPS) is 20.1. The molecule has 1 unspecified atom stereocenters. The van der Waals surface area contributed by atoms with Crippen LogP contribution in [0.25, 0.3) is 0 Å². The molecule has 1 saturated heterocycles. The molecular formula is C9H18N3O2P. The van der Waals surface area contributed by atoms with Crippen LogP contribution >= 0.6 is 8.45 Å². The van der Waals surface area contributed by atoms with Crippen molar-refractivity contribution in [2.45, 2.75) is 6.42 Å². The summed E-state index contributed by atoms with van der Waals surface area (Å²) in [6, 6.07) is 2.09. The van der Waals surface area contributed by atoms with Gasteiger partial charge < -0.3 is 9.26 Å². The lowest BCUT2D eigenvalue weighted by molar-refractivity contribution is 0.0668. The molecule has 1 heterocycles. The number of hydrogen-bond donors (Lipinski definition) is 0. The van der Waals surface area contributed by atoms with Gasteiger partial charge in [0, 0.05) is 13.1 Å². The van der Waals surface area contributed by atoms with Crippen LogP contribution in [0.15, 0.2) is 0 Å². The highest BCUT2D eigenvalue weighted by molar-refractivity contribution is 7.47. The van der Waals surface area contributed by atoms with Gasteiger partial charge in [0.15, 0.2) is 8.45 Å². The SMILES string of the molecule is CN(C)P(OCCC#N)N1CCOCC1. The number of nitriles is 1. The first-order valence-electron chi connectivity index (χ1n) is 5.05. The third-order valence-electron chi connectivity index (χ3n) is 1.99. The molecule has 1 aliphatic heterocycles. The van der Waals surface area contributed by atoms with E-state index < -0.39 is 8.45 Å². The van der Waals surface area contributed by atoms with Crippen molar-refractivity contribution in [1.29, 1.82) is 5.26 Å². The minimum atomic E-state index is -0.714. The number of ether oxygens (including phenoxy) is 1. The fourth-order valence-corrected chi connectivity index (χ4v) is 3.01. The molecule has 5 nitrogen and oxygen atoms in total. The second-order valence-electron chi connectivity index (χ2n) is 3.41. The summed E-state index contributed by atoms with van der Waals surface area (Å²) in [6.45, 7) is 3.88. The highest BCUT2D eigenvalue weighted by atomic mass is 31.2. The van der Waals surface area contributed by atoms with E-state index in [0.29, 0.717) is 13.0 Å². The largest absolute Gasteiger partial charge is 0.379 e. The predicted molar refractivity (Wildman–Crippen MR) is 59.2 cm³/mol. The van der Waals surface area contributed by atoms with Crippen molar-refractivity contribution in [3.05, 3.63) is 0 Å². The van der Waals surface area contributed by atoms with Crippen LogP contribution < -0.4 is 0 Å². The Bertz CT molecular complexity index is 214. The van der Waals surface area contributed by atoms with E-state index in [1.165, 1.54) is 0 Å². The van der Waals surface area contributed by atoms with E-state index in [1.807, 2.05) is 14.1 Å². The molecular weight excluding hydrogens is 213 g/mol. The molecule has 0 aromatic rings. The lowest BCUT2D eigenvalue weighted by Gasteiger charge is -2.36. The van der Waals surface area contributed by atoms with Crippen molar-refractivity contribution in [1.82, 2.24) is 9.34 Å². The van der Waals surface area contributed by atoms with Crippen LogP contribution in [0.1, 0.15) is 6.42 Å². The van der Waals surface area contributed by atoms with Gasteiger partial charge in [-0.3, -0.25) is 4.67 Å². The first kappa shape index (κ1) is 12.8. The Labute approximate surface area is 92.5 Å². The van der Waals surface area contributed by atoms with Crippen LogP contribution in [0.5, 0.6) is 0 Å². The van der Waals surface area contributed by atoms with Crippen molar-refractivity contribution in [2.24, 2.45) is 0 Å². The van der Waals surface area contributed by atoms with Gasteiger partial charge in [0.05, 0.1) is 32.3 Å². The Morgan fingerprint density at radius 2 is 2.13 bits per heavy atom. The smallest absolute Gasteiger partial charge is 0.187 e. The van der Waals surface area contributed by atoms with Crippen LogP contribution in [0.4, 0.5) is 0 Å². The summed E-state index contributed by atoms with van der Waals surface area (Å²) < 4.78 is 15.4. The molecule has 0 bridgehead atoms. The molecule has 86 valence electrons. The number of rotatable bonds is 5. The third-order valence-corrected chi connectivity index (χ3v) is 3.97. The zero-order valence-corrected chi connectivity index (χ0v) is 10.2. The molecule has 0 saturated carbocycles. The quantitative estimate of drug-likeness (QED) is 0.522. The molecule has 0 N–H and O–H groups in total. The summed E-state index contributed by atoms with van der Waals surface area (Å²) in [7, 11) is 3.30. The van der Waals surface area contributed by atoms with E-state index in [4.69, 9.17) is 14.5 Å². The standard InChI is InChI=1S/C9H18N3O2P/c1-11(2)15(14-7-3-4-10)12-5-8-13-9-6-12/h3,5-9H2,1-2H3. The molecule has 1 aliphatic rings. The number of morpholine rings is 1. The Balaban J connectivity index is 2.38. The van der Waals surface area contributed by atoms with Crippen molar-refractivity contribution in [3.8, 4) is 6.07 Å². The predicted octanol–water partition coefficient (Wildman–Crippen LogP) is 1.04. The first-order valence-corrected chi connectivity index (χ1v) is 6.22. The summed E-state index contributed by atoms with van der Waals surface area (Å²) in [5.41, 5.74) is 0. The third kappa shape index (κ3) is 4.42. The van der Waals surface area contributed by atoms with Crippen LogP contribution in [-0.2, 0) is 9.26 Å². The Kier molecular flexibility index (Phi) is 6.07. The van der Waals surface area contributed by atoms with Crippen molar-refractivity contribution in [2.75, 3.05) is 47.0 Å². The lowest BCUT2D eigenvalue weighted by Crippen LogP contribution is -2.36. The maximum atomic E-state index is 8.46. The van der Waals surface area contributed by atoms with Gasteiger partial charge in [-0.15, -0.1) is 0 Å². The van der Waals surface area contributed by atoms with Gasteiger partial charge in [0.1, 0.15) is 0 Å². The Morgan fingerprint density at radius 1 is 1.47 bits per heavy atom. The first-order chi connectivity index (χ1) is 7.25. The second kappa shape index (κ2) is 7.10. The molecule has 1 fully saturated rings. The molecule has 0 spiro atoms. The van der Waals surface area contributed by atoms with Crippen LogP contribution in [-0.4, -0.2) is 56.3 Å². The summed E-state index contributed by atoms with van der Waals surface area (Å²) in [5.74, 6) is 0. The van der Waals surface area contributed by atoms with Gasteiger partial charge in [0.2, 0.25) is 0 Å². The fourth-order valence-electron chi connectivity index (χ4n) is 1.35. The maximum absolute atomic E-state index is 8.46. The number of hydrogen-bond acceptors (Lipinski definition) is 5. The molecule has 0 amide bonds. The van der Waals surface area contributed by atoms with Crippen LogP contribution in [0.3, 0.4) is 0 Å². The zero-order valence-electron chi connectivity index (χ0n) is 9.35. The summed E-state index contributed by atoms with van der Waals surface area (Å²) in [6.07, 6.45) is 0.455. The van der Waals surface area contributed by atoms with Gasteiger partial charge in [-0.05, 0) is 14.1 Å². The van der Waals surface area contributed by atoms with E-state index in [2.05, 4.69) is 15.4 Å². The summed E-state index contributed by atoms with van der Waals surface area (Å²) >= 11 is 0. The molecule has 0 radical (unpaired) electrons. The van der Waals surface area contributed by atoms with E-state index in [-0.39, 0.29) is 0 Å². The molecule has 0 aromatic carbocycles. The molecule has 1 rings (SSSR count). The van der Waals surface area contributed by atoms with Crippen LogP contribution in [0.2, 0.25) is 0 Å². The molecule has 6 heteroatoms. The highest BCUT2D eigenvalue weighted by Crippen LogP contribution is 2.43. The van der Waals surface area contributed by atoms with Gasteiger partial charge in [-0.2, -0.15) is 5.26 Å². The van der Waals surface area contributed by atoms with E-state index in [9.17, 15) is 0 Å². The summed E-state index contributed by atoms with van der Waals surface area (Å²) in [5, 5.41) is 8.46. The second-order valence-corrected chi connectivity index (χ2v) is 5.54. The lowest BCUT2D eigenvalue weighted by atomic mass is 10.5. The van der Waals surface area contributed by atoms with Crippen molar-refractivity contribution >= 4 is 8.45 Å².